The lowest BCUT2D eigenvalue weighted by Gasteiger charge is -2.09. The van der Waals surface area contributed by atoms with Crippen LogP contribution in [0.25, 0.3) is 0 Å². The van der Waals surface area contributed by atoms with Crippen molar-refractivity contribution in [3.8, 4) is 0 Å². The van der Waals surface area contributed by atoms with Gasteiger partial charge in [-0.1, -0.05) is 31.2 Å². The van der Waals surface area contributed by atoms with Crippen LogP contribution in [0, 0.1) is 6.92 Å². The molecule has 1 aromatic carbocycles. The summed E-state index contributed by atoms with van der Waals surface area (Å²) in [5.41, 5.74) is 4.12. The second-order valence-corrected chi connectivity index (χ2v) is 5.10. The number of carbonyl (C=O) groups excluding carboxylic acids is 1. The Morgan fingerprint density at radius 3 is 2.71 bits per heavy atom. The van der Waals surface area contributed by atoms with Crippen LogP contribution in [-0.2, 0) is 18.8 Å². The monoisotopic (exact) mass is 303 g/mol. The predicted octanol–water partition coefficient (Wildman–Crippen LogP) is 3.02. The van der Waals surface area contributed by atoms with Gasteiger partial charge in [0.1, 0.15) is 0 Å². The molecule has 0 spiro atoms. The molecule has 0 saturated heterocycles. The summed E-state index contributed by atoms with van der Waals surface area (Å²) in [4.78, 5) is 12.3. The van der Waals surface area contributed by atoms with Crippen molar-refractivity contribution in [3.05, 3.63) is 58.4 Å². The Kier molecular flexibility index (Phi) is 5.28. The lowest BCUT2D eigenvalue weighted by Crippen LogP contribution is -2.25. The molecule has 2 aromatic rings. The van der Waals surface area contributed by atoms with Crippen molar-refractivity contribution >= 4 is 17.5 Å². The Morgan fingerprint density at radius 1 is 1.24 bits per heavy atom. The van der Waals surface area contributed by atoms with Crippen molar-refractivity contribution in [1.82, 2.24) is 15.5 Å². The van der Waals surface area contributed by atoms with Gasteiger partial charge >= 0.3 is 0 Å². The third kappa shape index (κ3) is 4.02. The Bertz CT molecular complexity index is 643. The first-order valence-corrected chi connectivity index (χ1v) is 7.42. The molecule has 5 heteroatoms. The molecule has 1 amide bonds. The average Bonchev–Trinajstić information content (AvgIpc) is 2.52. The maximum atomic E-state index is 12.3. The summed E-state index contributed by atoms with van der Waals surface area (Å²) in [6.45, 7) is 4.25. The lowest BCUT2D eigenvalue weighted by molar-refractivity contribution is 0.0949. The van der Waals surface area contributed by atoms with E-state index in [1.807, 2.05) is 38.1 Å². The van der Waals surface area contributed by atoms with Gasteiger partial charge < -0.3 is 5.32 Å². The minimum absolute atomic E-state index is 0.124. The zero-order valence-electron chi connectivity index (χ0n) is 12.2. The van der Waals surface area contributed by atoms with E-state index < -0.39 is 0 Å². The molecule has 0 fully saturated rings. The van der Waals surface area contributed by atoms with Crippen molar-refractivity contribution in [2.24, 2.45) is 0 Å². The van der Waals surface area contributed by atoms with E-state index in [9.17, 15) is 4.79 Å². The van der Waals surface area contributed by atoms with Crippen LogP contribution in [0.1, 0.15) is 39.8 Å². The number of halogens is 1. The van der Waals surface area contributed by atoms with E-state index in [0.717, 1.165) is 16.8 Å². The predicted molar refractivity (Wildman–Crippen MR) is 83.3 cm³/mol. The van der Waals surface area contributed by atoms with E-state index in [0.29, 0.717) is 30.1 Å². The van der Waals surface area contributed by atoms with Crippen molar-refractivity contribution < 1.29 is 4.79 Å². The summed E-state index contributed by atoms with van der Waals surface area (Å²) >= 11 is 5.81. The first kappa shape index (κ1) is 15.4. The molecule has 1 heterocycles. The van der Waals surface area contributed by atoms with Crippen molar-refractivity contribution in [2.75, 3.05) is 0 Å². The first-order chi connectivity index (χ1) is 10.1. The molecule has 21 heavy (non-hydrogen) atoms. The molecule has 1 aromatic heterocycles. The number of aryl methyl sites for hydroxylation is 2. The maximum absolute atomic E-state index is 12.3. The smallest absolute Gasteiger partial charge is 0.253 e. The van der Waals surface area contributed by atoms with E-state index >= 15 is 0 Å². The number of aromatic nitrogens is 2. The van der Waals surface area contributed by atoms with Gasteiger partial charge in [-0.3, -0.25) is 4.79 Å². The molecule has 2 rings (SSSR count). The second kappa shape index (κ2) is 7.18. The summed E-state index contributed by atoms with van der Waals surface area (Å²) in [6.07, 6.45) is 0.678. The van der Waals surface area contributed by atoms with Gasteiger partial charge in [-0.2, -0.15) is 10.2 Å². The van der Waals surface area contributed by atoms with E-state index in [1.54, 1.807) is 6.07 Å². The minimum atomic E-state index is -0.124. The summed E-state index contributed by atoms with van der Waals surface area (Å²) < 4.78 is 0. The molecule has 0 aliphatic heterocycles. The second-order valence-electron chi connectivity index (χ2n) is 4.84. The molecule has 4 nitrogen and oxygen atoms in total. The largest absolute Gasteiger partial charge is 0.348 e. The number of rotatable bonds is 5. The standard InChI is InChI=1S/C16H18ClN3O/c1-3-15-14(7-11(2)19-20-15)16(21)18-10-13-6-4-5-12(8-13)9-17/h4-8H,3,9-10H2,1-2H3,(H,18,21). The highest BCUT2D eigenvalue weighted by Gasteiger charge is 2.12. The SMILES string of the molecule is CCc1nnc(C)cc1C(=O)NCc1cccc(CCl)c1. The van der Waals surface area contributed by atoms with Gasteiger partial charge in [-0.15, -0.1) is 11.6 Å². The van der Waals surface area contributed by atoms with Crippen LogP contribution in [0.4, 0.5) is 0 Å². The van der Waals surface area contributed by atoms with E-state index in [-0.39, 0.29) is 5.91 Å². The fourth-order valence-corrected chi connectivity index (χ4v) is 2.24. The van der Waals surface area contributed by atoms with Crippen molar-refractivity contribution in [2.45, 2.75) is 32.7 Å². The highest BCUT2D eigenvalue weighted by atomic mass is 35.5. The van der Waals surface area contributed by atoms with Crippen LogP contribution < -0.4 is 5.32 Å². The molecule has 0 radical (unpaired) electrons. The lowest BCUT2D eigenvalue weighted by atomic mass is 10.1. The summed E-state index contributed by atoms with van der Waals surface area (Å²) in [7, 11) is 0. The molecule has 0 aliphatic rings. The summed E-state index contributed by atoms with van der Waals surface area (Å²) in [6, 6.07) is 9.63. The van der Waals surface area contributed by atoms with Gasteiger partial charge in [0, 0.05) is 12.4 Å². The van der Waals surface area contributed by atoms with Crippen LogP contribution in [0.3, 0.4) is 0 Å². The van der Waals surface area contributed by atoms with Gasteiger partial charge in [0.25, 0.3) is 5.91 Å². The molecule has 0 atom stereocenters. The number of hydrogen-bond donors (Lipinski definition) is 1. The van der Waals surface area contributed by atoms with Gasteiger partial charge in [0.15, 0.2) is 0 Å². The fourth-order valence-electron chi connectivity index (χ4n) is 2.07. The van der Waals surface area contributed by atoms with Crippen LogP contribution in [0.15, 0.2) is 30.3 Å². The van der Waals surface area contributed by atoms with Gasteiger partial charge in [0.05, 0.1) is 17.0 Å². The normalized spacial score (nSPS) is 10.4. The van der Waals surface area contributed by atoms with Gasteiger partial charge in [-0.05, 0) is 30.5 Å². The quantitative estimate of drug-likeness (QED) is 0.864. The van der Waals surface area contributed by atoms with Gasteiger partial charge in [0.2, 0.25) is 0 Å². The minimum Gasteiger partial charge on any atom is -0.348 e. The number of alkyl halides is 1. The van der Waals surface area contributed by atoms with Crippen LogP contribution in [0.2, 0.25) is 0 Å². The third-order valence-corrected chi connectivity index (χ3v) is 3.48. The molecule has 0 saturated carbocycles. The van der Waals surface area contributed by atoms with Crippen LogP contribution >= 0.6 is 11.6 Å². The van der Waals surface area contributed by atoms with Crippen molar-refractivity contribution in [1.29, 1.82) is 0 Å². The fraction of sp³-hybridized carbons (Fsp3) is 0.312. The Morgan fingerprint density at radius 2 is 2.00 bits per heavy atom. The number of benzene rings is 1. The van der Waals surface area contributed by atoms with Gasteiger partial charge in [-0.25, -0.2) is 0 Å². The molecule has 0 unspecified atom stereocenters. The maximum Gasteiger partial charge on any atom is 0.253 e. The van der Waals surface area contributed by atoms with Crippen molar-refractivity contribution in [3.63, 3.8) is 0 Å². The highest BCUT2D eigenvalue weighted by molar-refractivity contribution is 6.17. The van der Waals surface area contributed by atoms with E-state index in [2.05, 4.69) is 15.5 Å². The third-order valence-electron chi connectivity index (χ3n) is 3.17. The molecule has 0 bridgehead atoms. The Hall–Kier alpha value is -1.94. The number of amides is 1. The topological polar surface area (TPSA) is 54.9 Å². The zero-order valence-corrected chi connectivity index (χ0v) is 12.9. The van der Waals surface area contributed by atoms with Crippen LogP contribution in [0.5, 0.6) is 0 Å². The summed E-state index contributed by atoms with van der Waals surface area (Å²) in [5, 5.41) is 11.0. The molecular weight excluding hydrogens is 286 g/mol. The number of nitrogens with zero attached hydrogens (tertiary/aromatic N) is 2. The summed E-state index contributed by atoms with van der Waals surface area (Å²) in [5.74, 6) is 0.344. The van der Waals surface area contributed by atoms with E-state index in [1.165, 1.54) is 0 Å². The Labute approximate surface area is 129 Å². The number of carbonyl (C=O) groups is 1. The highest BCUT2D eigenvalue weighted by Crippen LogP contribution is 2.10. The molecular formula is C16H18ClN3O. The molecule has 110 valence electrons. The zero-order chi connectivity index (χ0) is 15.2. The number of nitrogens with one attached hydrogen (secondary N) is 1. The van der Waals surface area contributed by atoms with Crippen LogP contribution in [-0.4, -0.2) is 16.1 Å². The van der Waals surface area contributed by atoms with E-state index in [4.69, 9.17) is 11.6 Å². The average molecular weight is 304 g/mol. The molecule has 1 N–H and O–H groups in total. The first-order valence-electron chi connectivity index (χ1n) is 6.89. The number of hydrogen-bond acceptors (Lipinski definition) is 3. The Balaban J connectivity index is 2.09. The molecule has 0 aliphatic carbocycles.